The first-order valence-electron chi connectivity index (χ1n) is 8.59. The third-order valence-electron chi connectivity index (χ3n) is 4.72. The largest absolute Gasteiger partial charge is 0.478 e. The van der Waals surface area contributed by atoms with Gasteiger partial charge in [0.15, 0.2) is 0 Å². The number of fused-ring (bicyclic) bond motifs is 3. The lowest BCUT2D eigenvalue weighted by molar-refractivity contribution is 0.0697. The van der Waals surface area contributed by atoms with Gasteiger partial charge in [0.2, 0.25) is 0 Å². The van der Waals surface area contributed by atoms with Crippen molar-refractivity contribution < 1.29 is 19.4 Å². The fraction of sp³-hybridized carbons (Fsp3) is 0.0909. The van der Waals surface area contributed by atoms with Crippen molar-refractivity contribution in [2.45, 2.75) is 5.92 Å². The third-order valence-corrected chi connectivity index (χ3v) is 4.72. The number of carbonyl (C=O) groups is 2. The first-order valence-corrected chi connectivity index (χ1v) is 8.59. The fourth-order valence-corrected chi connectivity index (χ4v) is 3.45. The molecule has 0 heterocycles. The maximum absolute atomic E-state index is 12.2. The van der Waals surface area contributed by atoms with Crippen molar-refractivity contribution in [2.75, 3.05) is 11.9 Å². The molecule has 0 unspecified atom stereocenters. The van der Waals surface area contributed by atoms with Gasteiger partial charge in [-0.25, -0.2) is 9.59 Å². The van der Waals surface area contributed by atoms with Crippen LogP contribution in [0.25, 0.3) is 11.1 Å². The number of aromatic carboxylic acids is 1. The monoisotopic (exact) mass is 359 g/mol. The van der Waals surface area contributed by atoms with Crippen molar-refractivity contribution in [3.63, 3.8) is 0 Å². The summed E-state index contributed by atoms with van der Waals surface area (Å²) in [5.74, 6) is -1.01. The number of anilines is 1. The van der Waals surface area contributed by atoms with Crippen molar-refractivity contribution in [1.29, 1.82) is 0 Å². The molecule has 0 radical (unpaired) electrons. The molecule has 1 aliphatic carbocycles. The van der Waals surface area contributed by atoms with E-state index in [4.69, 9.17) is 9.84 Å². The predicted molar refractivity (Wildman–Crippen MR) is 102 cm³/mol. The zero-order valence-corrected chi connectivity index (χ0v) is 14.4. The van der Waals surface area contributed by atoms with Crippen LogP contribution in [-0.4, -0.2) is 23.8 Å². The van der Waals surface area contributed by atoms with E-state index in [9.17, 15) is 9.59 Å². The van der Waals surface area contributed by atoms with E-state index >= 15 is 0 Å². The molecule has 0 bridgehead atoms. The third kappa shape index (κ3) is 3.27. The maximum atomic E-state index is 12.2. The van der Waals surface area contributed by atoms with E-state index in [-0.39, 0.29) is 18.1 Å². The molecule has 0 aliphatic heterocycles. The number of hydrogen-bond donors (Lipinski definition) is 2. The Morgan fingerprint density at radius 3 is 1.96 bits per heavy atom. The molecule has 0 fully saturated rings. The lowest BCUT2D eigenvalue weighted by atomic mass is 9.98. The van der Waals surface area contributed by atoms with Crippen LogP contribution < -0.4 is 5.32 Å². The van der Waals surface area contributed by atoms with Gasteiger partial charge in [0, 0.05) is 11.6 Å². The Morgan fingerprint density at radius 1 is 0.852 bits per heavy atom. The average molecular weight is 359 g/mol. The minimum atomic E-state index is -1.01. The number of carboxylic acids is 1. The Balaban J connectivity index is 1.45. The van der Waals surface area contributed by atoms with Gasteiger partial charge in [-0.3, -0.25) is 5.32 Å². The number of hydrogen-bond acceptors (Lipinski definition) is 3. The maximum Gasteiger partial charge on any atom is 0.411 e. The van der Waals surface area contributed by atoms with Crippen LogP contribution >= 0.6 is 0 Å². The van der Waals surface area contributed by atoms with Crippen LogP contribution in [-0.2, 0) is 4.74 Å². The normalized spacial score (nSPS) is 12.1. The Bertz CT molecular complexity index is 965. The van der Waals surface area contributed by atoms with Gasteiger partial charge in [0.05, 0.1) is 5.56 Å². The van der Waals surface area contributed by atoms with Crippen molar-refractivity contribution in [3.8, 4) is 11.1 Å². The van der Waals surface area contributed by atoms with Gasteiger partial charge in [-0.15, -0.1) is 0 Å². The number of amides is 1. The van der Waals surface area contributed by atoms with E-state index < -0.39 is 12.1 Å². The molecular weight excluding hydrogens is 342 g/mol. The molecule has 4 rings (SSSR count). The topological polar surface area (TPSA) is 75.6 Å². The number of rotatable bonds is 4. The summed E-state index contributed by atoms with van der Waals surface area (Å²) in [7, 11) is 0. The van der Waals surface area contributed by atoms with E-state index in [0.29, 0.717) is 5.69 Å². The molecule has 1 amide bonds. The van der Waals surface area contributed by atoms with Gasteiger partial charge in [-0.2, -0.15) is 0 Å². The summed E-state index contributed by atoms with van der Waals surface area (Å²) in [5, 5.41) is 11.5. The van der Waals surface area contributed by atoms with E-state index in [0.717, 1.165) is 11.1 Å². The summed E-state index contributed by atoms with van der Waals surface area (Å²) in [6.45, 7) is 0.229. The number of carbonyl (C=O) groups excluding carboxylic acids is 1. The fourth-order valence-electron chi connectivity index (χ4n) is 3.45. The standard InChI is InChI=1S/C22H17NO4/c24-21(25)14-9-11-15(12-10-14)23-22(26)27-13-20-18-7-3-1-5-16(18)17-6-2-4-8-19(17)20/h1-12,20H,13H2,(H,23,26)(H,24,25). The van der Waals surface area contributed by atoms with Crippen LogP contribution in [0.15, 0.2) is 72.8 Å². The lowest BCUT2D eigenvalue weighted by Gasteiger charge is -2.14. The first-order chi connectivity index (χ1) is 13.1. The summed E-state index contributed by atoms with van der Waals surface area (Å²) in [6.07, 6.45) is -0.570. The van der Waals surface area contributed by atoms with Crippen LogP contribution in [0.1, 0.15) is 27.4 Å². The second-order valence-electron chi connectivity index (χ2n) is 6.33. The van der Waals surface area contributed by atoms with Gasteiger partial charge < -0.3 is 9.84 Å². The molecule has 2 N–H and O–H groups in total. The second-order valence-corrected chi connectivity index (χ2v) is 6.33. The second kappa shape index (κ2) is 6.96. The number of nitrogens with one attached hydrogen (secondary N) is 1. The highest BCUT2D eigenvalue weighted by Gasteiger charge is 2.28. The van der Waals surface area contributed by atoms with Crippen molar-refractivity contribution in [2.24, 2.45) is 0 Å². The molecule has 1 aliphatic rings. The molecule has 0 aromatic heterocycles. The SMILES string of the molecule is O=C(Nc1ccc(C(=O)O)cc1)OCC1c2ccccc2-c2ccccc21. The minimum Gasteiger partial charge on any atom is -0.478 e. The highest BCUT2D eigenvalue weighted by molar-refractivity contribution is 5.89. The van der Waals surface area contributed by atoms with Crippen LogP contribution in [0.4, 0.5) is 10.5 Å². The predicted octanol–water partition coefficient (Wildman–Crippen LogP) is 4.75. The Kier molecular flexibility index (Phi) is 4.34. The Labute approximate surface area is 156 Å². The van der Waals surface area contributed by atoms with Crippen LogP contribution in [0, 0.1) is 0 Å². The van der Waals surface area contributed by atoms with Gasteiger partial charge in [0.25, 0.3) is 0 Å². The summed E-state index contributed by atoms with van der Waals surface area (Å²) in [4.78, 5) is 23.0. The molecule has 3 aromatic carbocycles. The van der Waals surface area contributed by atoms with Crippen molar-refractivity contribution in [1.82, 2.24) is 0 Å². The van der Waals surface area contributed by atoms with Crippen LogP contribution in [0.3, 0.4) is 0 Å². The molecule has 0 spiro atoms. The zero-order valence-electron chi connectivity index (χ0n) is 14.4. The van der Waals surface area contributed by atoms with E-state index in [1.807, 2.05) is 24.3 Å². The van der Waals surface area contributed by atoms with E-state index in [2.05, 4.69) is 29.6 Å². The van der Waals surface area contributed by atoms with Crippen LogP contribution in [0.2, 0.25) is 0 Å². The molecule has 0 saturated carbocycles. The summed E-state index contributed by atoms with van der Waals surface area (Å²) in [5.41, 5.74) is 5.29. The van der Waals surface area contributed by atoms with Crippen molar-refractivity contribution in [3.05, 3.63) is 89.5 Å². The first kappa shape index (κ1) is 16.8. The molecule has 5 nitrogen and oxygen atoms in total. The van der Waals surface area contributed by atoms with Gasteiger partial charge in [0.1, 0.15) is 6.61 Å². The quantitative estimate of drug-likeness (QED) is 0.705. The van der Waals surface area contributed by atoms with Gasteiger partial charge >= 0.3 is 12.1 Å². The minimum absolute atomic E-state index is 0.00228. The smallest absolute Gasteiger partial charge is 0.411 e. The average Bonchev–Trinajstić information content (AvgIpc) is 3.01. The number of carboxylic acid groups (broad SMARTS) is 1. The molecule has 3 aromatic rings. The summed E-state index contributed by atoms with van der Waals surface area (Å²) >= 11 is 0. The molecule has 5 heteroatoms. The van der Waals surface area contributed by atoms with E-state index in [1.54, 1.807) is 0 Å². The van der Waals surface area contributed by atoms with Crippen molar-refractivity contribution >= 4 is 17.7 Å². The summed E-state index contributed by atoms with van der Waals surface area (Å²) in [6, 6.07) is 22.2. The van der Waals surface area contributed by atoms with Gasteiger partial charge in [-0.1, -0.05) is 48.5 Å². The summed E-state index contributed by atoms with van der Waals surface area (Å²) < 4.78 is 5.45. The lowest BCUT2D eigenvalue weighted by Crippen LogP contribution is -2.17. The zero-order chi connectivity index (χ0) is 18.8. The molecule has 0 saturated heterocycles. The molecule has 134 valence electrons. The number of benzene rings is 3. The van der Waals surface area contributed by atoms with E-state index in [1.165, 1.54) is 35.4 Å². The highest BCUT2D eigenvalue weighted by atomic mass is 16.5. The highest BCUT2D eigenvalue weighted by Crippen LogP contribution is 2.44. The number of ether oxygens (including phenoxy) is 1. The Morgan fingerprint density at radius 2 is 1.41 bits per heavy atom. The molecular formula is C22H17NO4. The molecule has 0 atom stereocenters. The van der Waals surface area contributed by atoms with Gasteiger partial charge in [-0.05, 0) is 46.5 Å². The molecule has 27 heavy (non-hydrogen) atoms. The van der Waals surface area contributed by atoms with Crippen LogP contribution in [0.5, 0.6) is 0 Å². The Hall–Kier alpha value is -3.60.